The average Bonchev–Trinajstić information content (AvgIpc) is 2.58. The number of allylic oxidation sites excluding steroid dienone is 1. The minimum atomic E-state index is 0.0930. The highest BCUT2D eigenvalue weighted by atomic mass is 32.1. The zero-order chi connectivity index (χ0) is 9.68. The molecule has 5 heteroatoms. The molecule has 0 fully saturated rings. The van der Waals surface area contributed by atoms with Crippen LogP contribution in [0.2, 0.25) is 0 Å². The first kappa shape index (κ1) is 10.3. The van der Waals surface area contributed by atoms with E-state index in [1.807, 2.05) is 6.92 Å². The predicted octanol–water partition coefficient (Wildman–Crippen LogP) is 1.40. The zero-order valence-electron chi connectivity index (χ0n) is 7.66. The summed E-state index contributed by atoms with van der Waals surface area (Å²) in [6, 6.07) is 0.0930. The molecule has 0 spiro atoms. The fourth-order valence-corrected chi connectivity index (χ4v) is 1.50. The van der Waals surface area contributed by atoms with Crippen molar-refractivity contribution in [2.24, 2.45) is 5.84 Å². The van der Waals surface area contributed by atoms with Gasteiger partial charge in [-0.15, -0.1) is 6.58 Å². The minimum Gasteiger partial charge on any atom is -0.271 e. The van der Waals surface area contributed by atoms with Crippen LogP contribution in [-0.2, 0) is 0 Å². The van der Waals surface area contributed by atoms with Gasteiger partial charge in [-0.2, -0.15) is 8.75 Å². The summed E-state index contributed by atoms with van der Waals surface area (Å²) in [5.74, 6) is 5.41. The van der Waals surface area contributed by atoms with Gasteiger partial charge in [0.25, 0.3) is 0 Å². The van der Waals surface area contributed by atoms with Crippen molar-refractivity contribution in [3.63, 3.8) is 0 Å². The first-order valence-corrected chi connectivity index (χ1v) is 4.85. The predicted molar refractivity (Wildman–Crippen MR) is 54.0 cm³/mol. The fourth-order valence-electron chi connectivity index (χ4n) is 1.03. The molecule has 0 saturated carbocycles. The number of nitrogens with one attached hydrogen (secondary N) is 1. The normalized spacial score (nSPS) is 12.8. The minimum absolute atomic E-state index is 0.0930. The maximum atomic E-state index is 5.41. The number of rotatable bonds is 5. The summed E-state index contributed by atoms with van der Waals surface area (Å²) in [6.45, 7) is 5.85. The molecule has 1 aromatic heterocycles. The van der Waals surface area contributed by atoms with Crippen LogP contribution >= 0.6 is 11.7 Å². The van der Waals surface area contributed by atoms with E-state index in [-0.39, 0.29) is 6.04 Å². The van der Waals surface area contributed by atoms with E-state index in [1.165, 1.54) is 11.7 Å². The van der Waals surface area contributed by atoms with Crippen molar-refractivity contribution in [3.8, 4) is 0 Å². The van der Waals surface area contributed by atoms with E-state index in [9.17, 15) is 0 Å². The van der Waals surface area contributed by atoms with E-state index in [4.69, 9.17) is 5.84 Å². The number of hydrogen-bond acceptors (Lipinski definition) is 5. The Hall–Kier alpha value is -0.780. The van der Waals surface area contributed by atoms with Gasteiger partial charge in [-0.3, -0.25) is 11.3 Å². The Morgan fingerprint density at radius 3 is 3.08 bits per heavy atom. The first-order chi connectivity index (χ1) is 6.24. The van der Waals surface area contributed by atoms with Crippen molar-refractivity contribution < 1.29 is 0 Å². The molecule has 0 bridgehead atoms. The summed E-state index contributed by atoms with van der Waals surface area (Å²) in [7, 11) is 0. The van der Waals surface area contributed by atoms with Crippen LogP contribution in [0.15, 0.2) is 18.3 Å². The molecular formula is C8H14N4S. The molecule has 3 N–H and O–H groups in total. The molecule has 0 aromatic carbocycles. The second-order valence-electron chi connectivity index (χ2n) is 3.05. The maximum Gasteiger partial charge on any atom is 0.0925 e. The van der Waals surface area contributed by atoms with E-state index in [0.717, 1.165) is 24.1 Å². The van der Waals surface area contributed by atoms with Gasteiger partial charge < -0.3 is 0 Å². The lowest BCUT2D eigenvalue weighted by Gasteiger charge is -2.12. The number of hydrogen-bond donors (Lipinski definition) is 2. The van der Waals surface area contributed by atoms with Gasteiger partial charge >= 0.3 is 0 Å². The summed E-state index contributed by atoms with van der Waals surface area (Å²) < 4.78 is 8.05. The molecule has 0 amide bonds. The molecule has 1 heterocycles. The smallest absolute Gasteiger partial charge is 0.0925 e. The number of hydrazine groups is 1. The van der Waals surface area contributed by atoms with Crippen LogP contribution in [-0.4, -0.2) is 8.75 Å². The first-order valence-electron chi connectivity index (χ1n) is 4.12. The molecule has 4 nitrogen and oxygen atoms in total. The van der Waals surface area contributed by atoms with Crippen molar-refractivity contribution in [2.45, 2.75) is 25.8 Å². The van der Waals surface area contributed by atoms with Gasteiger partial charge in [-0.1, -0.05) is 5.57 Å². The lowest BCUT2D eigenvalue weighted by atomic mass is 10.1. The molecule has 1 rings (SSSR count). The SMILES string of the molecule is C=C(C)CCC(NN)c1cnsn1. The van der Waals surface area contributed by atoms with Gasteiger partial charge in [0.2, 0.25) is 0 Å². The van der Waals surface area contributed by atoms with Gasteiger partial charge in [0.1, 0.15) is 0 Å². The lowest BCUT2D eigenvalue weighted by Crippen LogP contribution is -2.28. The Labute approximate surface area is 82.2 Å². The molecule has 13 heavy (non-hydrogen) atoms. The molecule has 0 saturated heterocycles. The van der Waals surface area contributed by atoms with Crippen molar-refractivity contribution in [1.29, 1.82) is 0 Å². The van der Waals surface area contributed by atoms with Crippen LogP contribution in [0.5, 0.6) is 0 Å². The third kappa shape index (κ3) is 3.22. The Morgan fingerprint density at radius 2 is 2.62 bits per heavy atom. The Morgan fingerprint density at radius 1 is 1.85 bits per heavy atom. The summed E-state index contributed by atoms with van der Waals surface area (Å²) in [6.07, 6.45) is 3.61. The third-order valence-electron chi connectivity index (χ3n) is 1.80. The summed E-state index contributed by atoms with van der Waals surface area (Å²) >= 11 is 1.20. The molecule has 1 unspecified atom stereocenters. The van der Waals surface area contributed by atoms with Gasteiger partial charge in [0.05, 0.1) is 29.7 Å². The zero-order valence-corrected chi connectivity index (χ0v) is 8.47. The summed E-state index contributed by atoms with van der Waals surface area (Å²) in [5, 5.41) is 0. The van der Waals surface area contributed by atoms with Crippen molar-refractivity contribution in [3.05, 3.63) is 24.0 Å². The van der Waals surface area contributed by atoms with Crippen LogP contribution < -0.4 is 11.3 Å². The molecule has 1 atom stereocenters. The Bertz CT molecular complexity index is 257. The number of aromatic nitrogens is 2. The maximum absolute atomic E-state index is 5.41. The van der Waals surface area contributed by atoms with Gasteiger partial charge in [-0.25, -0.2) is 0 Å². The van der Waals surface area contributed by atoms with E-state index >= 15 is 0 Å². The monoisotopic (exact) mass is 198 g/mol. The molecule has 1 aromatic rings. The lowest BCUT2D eigenvalue weighted by molar-refractivity contribution is 0.507. The topological polar surface area (TPSA) is 63.8 Å². The largest absolute Gasteiger partial charge is 0.271 e. The number of nitrogens with two attached hydrogens (primary N) is 1. The third-order valence-corrected chi connectivity index (χ3v) is 2.29. The highest BCUT2D eigenvalue weighted by Gasteiger charge is 2.11. The van der Waals surface area contributed by atoms with Crippen molar-refractivity contribution in [1.82, 2.24) is 14.2 Å². The van der Waals surface area contributed by atoms with Crippen LogP contribution in [0, 0.1) is 0 Å². The van der Waals surface area contributed by atoms with Crippen LogP contribution in [0.25, 0.3) is 0 Å². The highest BCUT2D eigenvalue weighted by molar-refractivity contribution is 6.99. The van der Waals surface area contributed by atoms with Gasteiger partial charge in [0.15, 0.2) is 0 Å². The van der Waals surface area contributed by atoms with Crippen molar-refractivity contribution in [2.75, 3.05) is 0 Å². The average molecular weight is 198 g/mol. The summed E-state index contributed by atoms with van der Waals surface area (Å²) in [5.41, 5.74) is 4.79. The Balaban J connectivity index is 2.49. The molecular weight excluding hydrogens is 184 g/mol. The van der Waals surface area contributed by atoms with E-state index in [1.54, 1.807) is 6.20 Å². The van der Waals surface area contributed by atoms with Crippen LogP contribution in [0.1, 0.15) is 31.5 Å². The van der Waals surface area contributed by atoms with Gasteiger partial charge in [-0.05, 0) is 19.8 Å². The molecule has 0 aliphatic carbocycles. The molecule has 0 aliphatic heterocycles. The second-order valence-corrected chi connectivity index (χ2v) is 3.60. The van der Waals surface area contributed by atoms with E-state index < -0.39 is 0 Å². The summed E-state index contributed by atoms with van der Waals surface area (Å²) in [4.78, 5) is 0. The van der Waals surface area contributed by atoms with Crippen LogP contribution in [0.4, 0.5) is 0 Å². The van der Waals surface area contributed by atoms with Crippen LogP contribution in [0.3, 0.4) is 0 Å². The molecule has 72 valence electrons. The molecule has 0 aliphatic rings. The van der Waals surface area contributed by atoms with E-state index in [2.05, 4.69) is 20.8 Å². The van der Waals surface area contributed by atoms with Gasteiger partial charge in [0, 0.05) is 0 Å². The van der Waals surface area contributed by atoms with E-state index in [0.29, 0.717) is 0 Å². The highest BCUT2D eigenvalue weighted by Crippen LogP contribution is 2.17. The number of nitrogens with zero attached hydrogens (tertiary/aromatic N) is 2. The second kappa shape index (κ2) is 5.06. The Kier molecular flexibility index (Phi) is 4.01. The quantitative estimate of drug-likeness (QED) is 0.426. The van der Waals surface area contributed by atoms with Crippen molar-refractivity contribution >= 4 is 11.7 Å². The molecule has 0 radical (unpaired) electrons. The standard InChI is InChI=1S/C8H14N4S/c1-6(2)3-4-7(11-9)8-5-10-13-12-8/h5,7,11H,1,3-4,9H2,2H3. The fraction of sp³-hybridized carbons (Fsp3) is 0.500.